The number of benzene rings is 1. The zero-order valence-corrected chi connectivity index (χ0v) is 11.9. The summed E-state index contributed by atoms with van der Waals surface area (Å²) in [5.41, 5.74) is 3.42. The molecular formula is C14H17N3OS. The summed E-state index contributed by atoms with van der Waals surface area (Å²) in [6, 6.07) is 7.99. The molecule has 0 aliphatic rings. The van der Waals surface area contributed by atoms with Gasteiger partial charge in [0.05, 0.1) is 5.69 Å². The molecule has 0 aliphatic carbocycles. The minimum atomic E-state index is -0.206. The monoisotopic (exact) mass is 275 g/mol. The molecule has 1 aromatic heterocycles. The zero-order chi connectivity index (χ0) is 13.7. The first-order valence-corrected chi connectivity index (χ1v) is 7.04. The Bertz CT molecular complexity index is 565. The highest BCUT2D eigenvalue weighted by atomic mass is 32.1. The Labute approximate surface area is 116 Å². The van der Waals surface area contributed by atoms with Crippen LogP contribution in [0.5, 0.6) is 0 Å². The number of anilines is 1. The van der Waals surface area contributed by atoms with E-state index < -0.39 is 0 Å². The highest BCUT2D eigenvalue weighted by Gasteiger charge is 2.04. The highest BCUT2D eigenvalue weighted by Crippen LogP contribution is 2.13. The second-order valence-electron chi connectivity index (χ2n) is 4.35. The van der Waals surface area contributed by atoms with Gasteiger partial charge in [-0.15, -0.1) is 11.3 Å². The lowest BCUT2D eigenvalue weighted by atomic mass is 10.1. The predicted octanol–water partition coefficient (Wildman–Crippen LogP) is 3.12. The number of nitrogens with zero attached hydrogens (tertiary/aromatic N) is 1. The van der Waals surface area contributed by atoms with Gasteiger partial charge in [0, 0.05) is 11.9 Å². The topological polar surface area (TPSA) is 54.0 Å². The van der Waals surface area contributed by atoms with Crippen molar-refractivity contribution in [2.75, 3.05) is 11.9 Å². The first-order chi connectivity index (χ1) is 9.15. The summed E-state index contributed by atoms with van der Waals surface area (Å²) in [4.78, 5) is 15.8. The molecule has 0 bridgehead atoms. The number of amides is 2. The Morgan fingerprint density at radius 1 is 1.32 bits per heavy atom. The van der Waals surface area contributed by atoms with E-state index >= 15 is 0 Å². The Balaban J connectivity index is 1.77. The SMILES string of the molecule is Cc1csc(NC(=O)NCCc2ccccc2C)n1. The van der Waals surface area contributed by atoms with Crippen LogP contribution in [0, 0.1) is 13.8 Å². The minimum absolute atomic E-state index is 0.206. The Kier molecular flexibility index (Phi) is 4.52. The fourth-order valence-electron chi connectivity index (χ4n) is 1.75. The van der Waals surface area contributed by atoms with Gasteiger partial charge >= 0.3 is 6.03 Å². The fourth-order valence-corrected chi connectivity index (χ4v) is 2.44. The van der Waals surface area contributed by atoms with Crippen LogP contribution in [0.3, 0.4) is 0 Å². The lowest BCUT2D eigenvalue weighted by Gasteiger charge is -2.07. The molecular weight excluding hydrogens is 258 g/mol. The third-order valence-corrected chi connectivity index (χ3v) is 3.66. The molecule has 0 saturated heterocycles. The molecule has 0 spiro atoms. The Hall–Kier alpha value is -1.88. The van der Waals surface area contributed by atoms with Crippen LogP contribution in [0.2, 0.25) is 0 Å². The van der Waals surface area contributed by atoms with E-state index in [0.717, 1.165) is 12.1 Å². The summed E-state index contributed by atoms with van der Waals surface area (Å²) < 4.78 is 0. The molecule has 1 heterocycles. The van der Waals surface area contributed by atoms with Gasteiger partial charge in [0.1, 0.15) is 0 Å². The molecule has 2 amide bonds. The number of aryl methyl sites for hydroxylation is 2. The average Bonchev–Trinajstić information content (AvgIpc) is 2.77. The van der Waals surface area contributed by atoms with Crippen LogP contribution in [0.15, 0.2) is 29.6 Å². The molecule has 0 atom stereocenters. The van der Waals surface area contributed by atoms with Crippen LogP contribution >= 0.6 is 11.3 Å². The summed E-state index contributed by atoms with van der Waals surface area (Å²) in [7, 11) is 0. The van der Waals surface area contributed by atoms with Gasteiger partial charge in [0.15, 0.2) is 5.13 Å². The average molecular weight is 275 g/mol. The maximum Gasteiger partial charge on any atom is 0.321 e. The number of thiazole rings is 1. The standard InChI is InChI=1S/C14H17N3OS/c1-10-5-3-4-6-12(10)7-8-15-13(18)17-14-16-11(2)9-19-14/h3-6,9H,7-8H2,1-2H3,(H2,15,16,17,18). The second kappa shape index (κ2) is 6.33. The molecule has 0 fully saturated rings. The van der Waals surface area contributed by atoms with Gasteiger partial charge in [-0.3, -0.25) is 5.32 Å². The quantitative estimate of drug-likeness (QED) is 0.900. The second-order valence-corrected chi connectivity index (χ2v) is 5.21. The van der Waals surface area contributed by atoms with Gasteiger partial charge in [-0.2, -0.15) is 0 Å². The first kappa shape index (κ1) is 13.5. The molecule has 0 unspecified atom stereocenters. The van der Waals surface area contributed by atoms with Crippen molar-refractivity contribution in [3.8, 4) is 0 Å². The molecule has 2 rings (SSSR count). The third kappa shape index (κ3) is 4.06. The molecule has 0 aliphatic heterocycles. The predicted molar refractivity (Wildman–Crippen MR) is 78.8 cm³/mol. The third-order valence-electron chi connectivity index (χ3n) is 2.78. The molecule has 4 nitrogen and oxygen atoms in total. The Morgan fingerprint density at radius 2 is 2.11 bits per heavy atom. The van der Waals surface area contributed by atoms with E-state index in [2.05, 4.69) is 34.7 Å². The van der Waals surface area contributed by atoms with E-state index in [4.69, 9.17) is 0 Å². The van der Waals surface area contributed by atoms with E-state index in [-0.39, 0.29) is 6.03 Å². The molecule has 1 aromatic carbocycles. The lowest BCUT2D eigenvalue weighted by Crippen LogP contribution is -2.30. The number of nitrogens with one attached hydrogen (secondary N) is 2. The van der Waals surface area contributed by atoms with Gasteiger partial charge in [-0.05, 0) is 31.4 Å². The number of aromatic nitrogens is 1. The van der Waals surface area contributed by atoms with Crippen molar-refractivity contribution >= 4 is 22.5 Å². The van der Waals surface area contributed by atoms with E-state index in [1.807, 2.05) is 24.4 Å². The fraction of sp³-hybridized carbons (Fsp3) is 0.286. The molecule has 0 radical (unpaired) electrons. The first-order valence-electron chi connectivity index (χ1n) is 6.16. The Morgan fingerprint density at radius 3 is 2.79 bits per heavy atom. The van der Waals surface area contributed by atoms with Crippen molar-refractivity contribution in [1.82, 2.24) is 10.3 Å². The smallest absolute Gasteiger partial charge is 0.321 e. The van der Waals surface area contributed by atoms with Gasteiger partial charge in [-0.1, -0.05) is 24.3 Å². The van der Waals surface area contributed by atoms with Crippen LogP contribution in [0.1, 0.15) is 16.8 Å². The number of carbonyl (C=O) groups is 1. The minimum Gasteiger partial charge on any atom is -0.337 e. The summed E-state index contributed by atoms with van der Waals surface area (Å²) in [5.74, 6) is 0. The maximum atomic E-state index is 11.6. The normalized spacial score (nSPS) is 10.2. The number of carbonyl (C=O) groups excluding carboxylic acids is 1. The van der Waals surface area contributed by atoms with Crippen molar-refractivity contribution in [3.63, 3.8) is 0 Å². The lowest BCUT2D eigenvalue weighted by molar-refractivity contribution is 0.252. The van der Waals surface area contributed by atoms with Crippen molar-refractivity contribution in [2.24, 2.45) is 0 Å². The van der Waals surface area contributed by atoms with E-state index in [1.54, 1.807) is 0 Å². The molecule has 100 valence electrons. The summed E-state index contributed by atoms with van der Waals surface area (Å²) in [5, 5.41) is 8.09. The van der Waals surface area contributed by atoms with Gasteiger partial charge < -0.3 is 5.32 Å². The molecule has 5 heteroatoms. The largest absolute Gasteiger partial charge is 0.337 e. The molecule has 2 aromatic rings. The van der Waals surface area contributed by atoms with Crippen molar-refractivity contribution < 1.29 is 4.79 Å². The highest BCUT2D eigenvalue weighted by molar-refractivity contribution is 7.13. The zero-order valence-electron chi connectivity index (χ0n) is 11.1. The van der Waals surface area contributed by atoms with Crippen LogP contribution in [0.4, 0.5) is 9.93 Å². The summed E-state index contributed by atoms with van der Waals surface area (Å²) >= 11 is 1.43. The summed E-state index contributed by atoms with van der Waals surface area (Å²) in [6.07, 6.45) is 0.830. The van der Waals surface area contributed by atoms with Crippen molar-refractivity contribution in [3.05, 3.63) is 46.5 Å². The van der Waals surface area contributed by atoms with Crippen LogP contribution in [-0.2, 0) is 6.42 Å². The van der Waals surface area contributed by atoms with Crippen molar-refractivity contribution in [1.29, 1.82) is 0 Å². The van der Waals surface area contributed by atoms with Crippen LogP contribution in [0.25, 0.3) is 0 Å². The molecule has 0 saturated carbocycles. The van der Waals surface area contributed by atoms with Gasteiger partial charge in [0.25, 0.3) is 0 Å². The van der Waals surface area contributed by atoms with Crippen LogP contribution in [-0.4, -0.2) is 17.6 Å². The van der Waals surface area contributed by atoms with E-state index in [0.29, 0.717) is 11.7 Å². The van der Waals surface area contributed by atoms with E-state index in [9.17, 15) is 4.79 Å². The van der Waals surface area contributed by atoms with Gasteiger partial charge in [-0.25, -0.2) is 9.78 Å². The maximum absolute atomic E-state index is 11.6. The number of urea groups is 1. The summed E-state index contributed by atoms with van der Waals surface area (Å²) in [6.45, 7) is 4.59. The number of hydrogen-bond donors (Lipinski definition) is 2. The van der Waals surface area contributed by atoms with Crippen molar-refractivity contribution in [2.45, 2.75) is 20.3 Å². The van der Waals surface area contributed by atoms with E-state index in [1.165, 1.54) is 22.5 Å². The molecule has 2 N–H and O–H groups in total. The van der Waals surface area contributed by atoms with Gasteiger partial charge in [0.2, 0.25) is 0 Å². The van der Waals surface area contributed by atoms with Crippen LogP contribution < -0.4 is 10.6 Å². The molecule has 19 heavy (non-hydrogen) atoms. The number of rotatable bonds is 4. The number of hydrogen-bond acceptors (Lipinski definition) is 3.